The lowest BCUT2D eigenvalue weighted by Gasteiger charge is -2.29. The monoisotopic (exact) mass is 686 g/mol. The number of fused-ring (bicyclic) bond motifs is 2. The van der Waals surface area contributed by atoms with Gasteiger partial charge < -0.3 is 9.47 Å². The third-order valence-electron chi connectivity index (χ3n) is 8.30. The molecule has 0 radical (unpaired) electrons. The number of nitrogens with zero attached hydrogens (tertiary/aromatic N) is 4. The fraction of sp³-hybridized carbons (Fsp3) is 0.229. The highest BCUT2D eigenvalue weighted by molar-refractivity contribution is 9.10. The fourth-order valence-electron chi connectivity index (χ4n) is 5.98. The average Bonchev–Trinajstić information content (AvgIpc) is 3.47. The molecule has 224 valence electrons. The first kappa shape index (κ1) is 30.3. The van der Waals surface area contributed by atoms with Crippen molar-refractivity contribution in [1.82, 2.24) is 14.0 Å². The molecule has 3 heterocycles. The van der Waals surface area contributed by atoms with E-state index in [1.165, 1.54) is 16.9 Å². The maximum atomic E-state index is 14.3. The van der Waals surface area contributed by atoms with E-state index < -0.39 is 6.04 Å². The Balaban J connectivity index is 1.54. The molecule has 5 aromatic rings. The smallest absolute Gasteiger partial charge is 0.271 e. The van der Waals surface area contributed by atoms with Crippen LogP contribution in [0, 0.1) is 6.92 Å². The Hall–Kier alpha value is -3.72. The zero-order chi connectivity index (χ0) is 31.1. The lowest BCUT2D eigenvalue weighted by molar-refractivity contribution is -0.127. The topological polar surface area (TPSA) is 59.6 Å². The molecule has 6 rings (SSSR count). The summed E-state index contributed by atoms with van der Waals surface area (Å²) in [4.78, 5) is 35.4. The maximum absolute atomic E-state index is 14.3. The summed E-state index contributed by atoms with van der Waals surface area (Å²) in [6, 6.07) is 23.4. The van der Waals surface area contributed by atoms with Crippen molar-refractivity contribution in [3.8, 4) is 0 Å². The van der Waals surface area contributed by atoms with Gasteiger partial charge in [-0.05, 0) is 75.2 Å². The lowest BCUT2D eigenvalue weighted by Crippen LogP contribution is -2.43. The molecule has 3 aromatic carbocycles. The standard InChI is InChI=1S/C35H32BrClN4O2S/c1-5-39(6-2)34(43)31-21(3)38-35-41(32(31)24-13-17-26(37)18-14-24)33(42)30(44-35)19-28-22(4)40(29-10-8-7-9-27(28)29)20-23-11-15-25(36)16-12-23/h7-19,32H,5-6,20H2,1-4H3/b30-19+/t32-/m0/s1. The summed E-state index contributed by atoms with van der Waals surface area (Å²) in [5, 5.41) is 1.67. The third kappa shape index (κ3) is 5.40. The van der Waals surface area contributed by atoms with Gasteiger partial charge in [0.2, 0.25) is 0 Å². The Labute approximate surface area is 273 Å². The Kier molecular flexibility index (Phi) is 8.51. The van der Waals surface area contributed by atoms with Crippen molar-refractivity contribution in [2.45, 2.75) is 40.3 Å². The molecule has 0 unspecified atom stereocenters. The first-order valence-corrected chi connectivity index (χ1v) is 16.6. The number of hydrogen-bond donors (Lipinski definition) is 0. The van der Waals surface area contributed by atoms with Crippen LogP contribution in [0.25, 0.3) is 17.0 Å². The number of carbonyl (C=O) groups is 1. The van der Waals surface area contributed by atoms with Gasteiger partial charge in [-0.25, -0.2) is 4.99 Å². The van der Waals surface area contributed by atoms with Crippen LogP contribution in [-0.2, 0) is 11.3 Å². The number of benzene rings is 3. The first-order chi connectivity index (χ1) is 21.2. The van der Waals surface area contributed by atoms with E-state index in [2.05, 4.69) is 63.8 Å². The van der Waals surface area contributed by atoms with Crippen molar-refractivity contribution < 1.29 is 4.79 Å². The van der Waals surface area contributed by atoms with Crippen molar-refractivity contribution in [3.63, 3.8) is 0 Å². The second-order valence-corrected chi connectivity index (χ2v) is 13.2. The van der Waals surface area contributed by atoms with E-state index in [4.69, 9.17) is 16.6 Å². The van der Waals surface area contributed by atoms with Crippen LogP contribution in [0.4, 0.5) is 0 Å². The van der Waals surface area contributed by atoms with Crippen LogP contribution in [0.2, 0.25) is 5.02 Å². The van der Waals surface area contributed by atoms with E-state index in [1.54, 1.807) is 21.6 Å². The Morgan fingerprint density at radius 3 is 2.39 bits per heavy atom. The predicted octanol–water partition coefficient (Wildman–Crippen LogP) is 6.83. The molecule has 0 aliphatic carbocycles. The van der Waals surface area contributed by atoms with E-state index in [0.29, 0.717) is 45.3 Å². The lowest BCUT2D eigenvalue weighted by atomic mass is 9.94. The SMILES string of the molecule is CCN(CC)C(=O)C1=C(C)N=c2s/c(=C/c3c(C)n(Cc4ccc(Br)cc4)c4ccccc34)c(=O)n2[C@H]1c1ccc(Cl)cc1. The molecule has 1 aliphatic heterocycles. The van der Waals surface area contributed by atoms with E-state index in [1.807, 2.05) is 51.1 Å². The number of likely N-dealkylation sites (N-methyl/N-ethyl adjacent to an activating group) is 1. The van der Waals surface area contributed by atoms with Crippen molar-refractivity contribution in [1.29, 1.82) is 0 Å². The minimum absolute atomic E-state index is 0.114. The van der Waals surface area contributed by atoms with Gasteiger partial charge in [0.05, 0.1) is 21.8 Å². The van der Waals surface area contributed by atoms with E-state index in [0.717, 1.165) is 32.2 Å². The number of rotatable bonds is 7. The fourth-order valence-corrected chi connectivity index (χ4v) is 7.40. The molecule has 2 aromatic heterocycles. The Morgan fingerprint density at radius 2 is 1.70 bits per heavy atom. The third-order valence-corrected chi connectivity index (χ3v) is 10.1. The van der Waals surface area contributed by atoms with E-state index in [-0.39, 0.29) is 11.5 Å². The summed E-state index contributed by atoms with van der Waals surface area (Å²) in [7, 11) is 0. The second-order valence-electron chi connectivity index (χ2n) is 10.8. The molecule has 1 aliphatic rings. The highest BCUT2D eigenvalue weighted by atomic mass is 79.9. The zero-order valence-electron chi connectivity index (χ0n) is 25.0. The quantitative estimate of drug-likeness (QED) is 0.188. The largest absolute Gasteiger partial charge is 0.340 e. The maximum Gasteiger partial charge on any atom is 0.271 e. The zero-order valence-corrected chi connectivity index (χ0v) is 28.1. The molecule has 9 heteroatoms. The Bertz CT molecular complexity index is 2100. The highest BCUT2D eigenvalue weighted by Crippen LogP contribution is 2.32. The summed E-state index contributed by atoms with van der Waals surface area (Å²) in [6.45, 7) is 9.71. The van der Waals surface area contributed by atoms with Gasteiger partial charge in [0.15, 0.2) is 4.80 Å². The van der Waals surface area contributed by atoms with Gasteiger partial charge >= 0.3 is 0 Å². The predicted molar refractivity (Wildman–Crippen MR) is 183 cm³/mol. The van der Waals surface area contributed by atoms with Gasteiger partial charge in [-0.2, -0.15) is 0 Å². The normalized spacial score (nSPS) is 15.0. The van der Waals surface area contributed by atoms with Crippen LogP contribution in [0.5, 0.6) is 0 Å². The van der Waals surface area contributed by atoms with E-state index in [9.17, 15) is 9.59 Å². The van der Waals surface area contributed by atoms with Crippen LogP contribution in [0.15, 0.2) is 98.3 Å². The number of para-hydroxylation sites is 1. The molecule has 1 atom stereocenters. The Morgan fingerprint density at radius 1 is 1.02 bits per heavy atom. The van der Waals surface area contributed by atoms with Crippen LogP contribution in [0.3, 0.4) is 0 Å². The molecular weight excluding hydrogens is 656 g/mol. The average molecular weight is 688 g/mol. The number of halogens is 2. The van der Waals surface area contributed by atoms with Crippen molar-refractivity contribution >= 4 is 61.8 Å². The molecule has 0 bridgehead atoms. The number of amides is 1. The number of thiazole rings is 1. The molecule has 6 nitrogen and oxygen atoms in total. The molecule has 0 saturated carbocycles. The van der Waals surface area contributed by atoms with Crippen molar-refractivity contribution in [2.75, 3.05) is 13.1 Å². The summed E-state index contributed by atoms with van der Waals surface area (Å²) in [5.41, 5.74) is 6.14. The van der Waals surface area contributed by atoms with Crippen LogP contribution in [0.1, 0.15) is 49.2 Å². The van der Waals surface area contributed by atoms with Crippen LogP contribution in [-0.4, -0.2) is 33.0 Å². The molecule has 44 heavy (non-hydrogen) atoms. The van der Waals surface area contributed by atoms with Crippen molar-refractivity contribution in [3.05, 3.63) is 136 Å². The first-order valence-electron chi connectivity index (χ1n) is 14.6. The molecule has 0 saturated heterocycles. The summed E-state index contributed by atoms with van der Waals surface area (Å²) in [6.07, 6.45) is 1.99. The van der Waals surface area contributed by atoms with E-state index >= 15 is 0 Å². The van der Waals surface area contributed by atoms with Crippen LogP contribution < -0.4 is 14.9 Å². The van der Waals surface area contributed by atoms with Crippen LogP contribution >= 0.6 is 38.9 Å². The van der Waals surface area contributed by atoms with Gasteiger partial charge in [0.25, 0.3) is 11.5 Å². The molecule has 1 amide bonds. The highest BCUT2D eigenvalue weighted by Gasteiger charge is 2.34. The number of carbonyl (C=O) groups excluding carboxylic acids is 1. The molecular formula is C35H32BrClN4O2S. The minimum Gasteiger partial charge on any atom is -0.340 e. The number of hydrogen-bond acceptors (Lipinski definition) is 4. The van der Waals surface area contributed by atoms with Crippen molar-refractivity contribution in [2.24, 2.45) is 4.99 Å². The molecule has 0 N–H and O–H groups in total. The summed E-state index contributed by atoms with van der Waals surface area (Å²) >= 11 is 11.1. The minimum atomic E-state index is -0.612. The number of allylic oxidation sites excluding steroid dienone is 1. The van der Waals surface area contributed by atoms with Gasteiger partial charge in [0.1, 0.15) is 0 Å². The van der Waals surface area contributed by atoms with Gasteiger partial charge in [-0.1, -0.05) is 81.3 Å². The van der Waals surface area contributed by atoms with Gasteiger partial charge in [0, 0.05) is 51.3 Å². The van der Waals surface area contributed by atoms with Gasteiger partial charge in [-0.3, -0.25) is 14.2 Å². The molecule has 0 spiro atoms. The van der Waals surface area contributed by atoms with Gasteiger partial charge in [-0.15, -0.1) is 0 Å². The molecule has 0 fully saturated rings. The second kappa shape index (κ2) is 12.3. The summed E-state index contributed by atoms with van der Waals surface area (Å²) < 4.78 is 5.59. The summed E-state index contributed by atoms with van der Waals surface area (Å²) in [5.74, 6) is -0.114. The number of aromatic nitrogens is 2.